The fourth-order valence-corrected chi connectivity index (χ4v) is 4.87. The average molecular weight is 487 g/mol. The number of hydrogen-bond acceptors (Lipinski definition) is 2. The lowest BCUT2D eigenvalue weighted by Crippen LogP contribution is -2.19. The number of aryl methyl sites for hydroxylation is 1. The standard InChI is InChI=1S/C20H18BrF2O3PS/c1-12-7-9-16(15-6-4-3-5-14(12)15)19(2,28)13-8-10-17(18(21)11-13)20(22,23)27(24,25)26/h3-11,28H,1-2H3,(H2,24,25,26). The van der Waals surface area contributed by atoms with Gasteiger partial charge in [0.2, 0.25) is 0 Å². The summed E-state index contributed by atoms with van der Waals surface area (Å²) in [5.74, 6) is 0. The molecule has 0 aromatic heterocycles. The zero-order chi connectivity index (χ0) is 20.9. The molecule has 3 aromatic carbocycles. The molecular weight excluding hydrogens is 469 g/mol. The molecule has 0 heterocycles. The smallest absolute Gasteiger partial charge is 0.320 e. The summed E-state index contributed by atoms with van der Waals surface area (Å²) in [5.41, 5.74) is -2.42. The van der Waals surface area contributed by atoms with Crippen LogP contribution in [0, 0.1) is 6.92 Å². The topological polar surface area (TPSA) is 57.5 Å². The maximum absolute atomic E-state index is 14.1. The van der Waals surface area contributed by atoms with E-state index >= 15 is 0 Å². The first-order valence-electron chi connectivity index (χ1n) is 8.32. The number of rotatable bonds is 4. The molecule has 0 radical (unpaired) electrons. The van der Waals surface area contributed by atoms with Crippen molar-refractivity contribution in [3.8, 4) is 0 Å². The van der Waals surface area contributed by atoms with E-state index in [0.717, 1.165) is 28.0 Å². The second-order valence-corrected chi connectivity index (χ2v) is 10.2. The van der Waals surface area contributed by atoms with E-state index in [4.69, 9.17) is 22.4 Å². The van der Waals surface area contributed by atoms with Gasteiger partial charge >= 0.3 is 13.3 Å². The van der Waals surface area contributed by atoms with Crippen molar-refractivity contribution in [1.29, 1.82) is 0 Å². The summed E-state index contributed by atoms with van der Waals surface area (Å²) in [6.45, 7) is 3.87. The summed E-state index contributed by atoms with van der Waals surface area (Å²) in [6.07, 6.45) is 0. The highest BCUT2D eigenvalue weighted by atomic mass is 79.9. The van der Waals surface area contributed by atoms with E-state index in [1.54, 1.807) is 0 Å². The van der Waals surface area contributed by atoms with Crippen LogP contribution in [0.4, 0.5) is 8.78 Å². The van der Waals surface area contributed by atoms with Gasteiger partial charge in [0.05, 0.1) is 4.75 Å². The fraction of sp³-hybridized carbons (Fsp3) is 0.200. The highest BCUT2D eigenvalue weighted by Gasteiger charge is 2.51. The first-order chi connectivity index (χ1) is 12.9. The molecule has 0 spiro atoms. The van der Waals surface area contributed by atoms with Gasteiger partial charge < -0.3 is 9.79 Å². The maximum Gasteiger partial charge on any atom is 0.399 e. The molecule has 0 bridgehead atoms. The van der Waals surface area contributed by atoms with E-state index in [1.807, 2.05) is 50.2 Å². The molecule has 1 unspecified atom stereocenters. The number of hydrogen-bond donors (Lipinski definition) is 3. The van der Waals surface area contributed by atoms with Gasteiger partial charge in [0, 0.05) is 10.0 Å². The molecule has 3 nitrogen and oxygen atoms in total. The molecule has 0 fully saturated rings. The molecule has 1 atom stereocenters. The van der Waals surface area contributed by atoms with Crippen LogP contribution >= 0.6 is 36.2 Å². The predicted octanol–water partition coefficient (Wildman–Crippen LogP) is 6.33. The highest BCUT2D eigenvalue weighted by Crippen LogP contribution is 2.60. The average Bonchev–Trinajstić information content (AvgIpc) is 2.60. The van der Waals surface area contributed by atoms with E-state index in [9.17, 15) is 13.3 Å². The molecular formula is C20H18BrF2O3PS. The third-order valence-corrected chi connectivity index (χ3v) is 7.02. The van der Waals surface area contributed by atoms with Gasteiger partial charge in [-0.05, 0) is 47.4 Å². The van der Waals surface area contributed by atoms with Crippen LogP contribution in [-0.4, -0.2) is 9.79 Å². The van der Waals surface area contributed by atoms with E-state index < -0.39 is 23.6 Å². The van der Waals surface area contributed by atoms with E-state index in [-0.39, 0.29) is 4.47 Å². The van der Waals surface area contributed by atoms with E-state index in [1.165, 1.54) is 12.1 Å². The fourth-order valence-electron chi connectivity index (χ4n) is 3.25. The van der Waals surface area contributed by atoms with Gasteiger partial charge in [0.1, 0.15) is 0 Å². The van der Waals surface area contributed by atoms with E-state index in [2.05, 4.69) is 15.9 Å². The van der Waals surface area contributed by atoms with E-state index in [0.29, 0.717) is 5.56 Å². The minimum atomic E-state index is -5.65. The van der Waals surface area contributed by atoms with Gasteiger partial charge in [-0.1, -0.05) is 64.5 Å². The zero-order valence-electron chi connectivity index (χ0n) is 15.0. The molecule has 0 saturated carbocycles. The van der Waals surface area contributed by atoms with Crippen LogP contribution in [0.15, 0.2) is 59.1 Å². The molecule has 28 heavy (non-hydrogen) atoms. The van der Waals surface area contributed by atoms with Crippen LogP contribution < -0.4 is 0 Å². The van der Waals surface area contributed by atoms with Crippen LogP contribution in [0.1, 0.15) is 29.2 Å². The molecule has 2 N–H and O–H groups in total. The minimum absolute atomic E-state index is 0.0879. The Morgan fingerprint density at radius 1 is 1.00 bits per heavy atom. The van der Waals surface area contributed by atoms with Crippen LogP contribution in [-0.2, 0) is 15.0 Å². The zero-order valence-corrected chi connectivity index (χ0v) is 18.4. The number of halogens is 3. The number of thiol groups is 1. The summed E-state index contributed by atoms with van der Waals surface area (Å²) in [7, 11) is -5.65. The Kier molecular flexibility index (Phi) is 5.54. The molecule has 0 aliphatic heterocycles. The van der Waals surface area contributed by atoms with Crippen molar-refractivity contribution in [3.63, 3.8) is 0 Å². The van der Waals surface area contributed by atoms with Crippen molar-refractivity contribution in [2.45, 2.75) is 24.3 Å². The van der Waals surface area contributed by atoms with Gasteiger partial charge in [-0.2, -0.15) is 21.4 Å². The molecule has 148 valence electrons. The molecule has 3 rings (SSSR count). The quantitative estimate of drug-likeness (QED) is 0.298. The van der Waals surface area contributed by atoms with Crippen molar-refractivity contribution < 1.29 is 23.1 Å². The van der Waals surface area contributed by atoms with Gasteiger partial charge in [-0.15, -0.1) is 0 Å². The SMILES string of the molecule is Cc1ccc(C(C)(S)c2ccc(C(F)(F)P(=O)(O)O)c(Br)c2)c2ccccc12. The first kappa shape index (κ1) is 21.5. The highest BCUT2D eigenvalue weighted by molar-refractivity contribution is 9.10. The van der Waals surface area contributed by atoms with Crippen molar-refractivity contribution in [2.24, 2.45) is 0 Å². The molecule has 0 aliphatic rings. The van der Waals surface area contributed by atoms with Gasteiger partial charge in [-0.3, -0.25) is 4.57 Å². The van der Waals surface area contributed by atoms with Crippen LogP contribution in [0.25, 0.3) is 10.8 Å². The summed E-state index contributed by atoms with van der Waals surface area (Å²) >= 11 is 7.87. The monoisotopic (exact) mass is 486 g/mol. The third kappa shape index (κ3) is 3.55. The second-order valence-electron chi connectivity index (χ2n) is 6.83. The number of alkyl halides is 2. The molecule has 0 aliphatic carbocycles. The Morgan fingerprint density at radius 2 is 1.57 bits per heavy atom. The van der Waals surface area contributed by atoms with Crippen LogP contribution in [0.5, 0.6) is 0 Å². The lowest BCUT2D eigenvalue weighted by Gasteiger charge is -2.28. The van der Waals surface area contributed by atoms with Crippen molar-refractivity contribution in [2.75, 3.05) is 0 Å². The Labute approximate surface area is 175 Å². The Balaban J connectivity index is 2.16. The second kappa shape index (κ2) is 7.22. The number of benzene rings is 3. The molecule has 0 saturated heterocycles. The lowest BCUT2D eigenvalue weighted by atomic mass is 9.87. The van der Waals surface area contributed by atoms with Crippen molar-refractivity contribution in [3.05, 3.63) is 81.3 Å². The first-order valence-corrected chi connectivity index (χ1v) is 11.2. The number of fused-ring (bicyclic) bond motifs is 1. The summed E-state index contributed by atoms with van der Waals surface area (Å²) in [6, 6.07) is 15.7. The normalized spacial score (nSPS) is 14.9. The molecule has 3 aromatic rings. The third-order valence-electron chi connectivity index (χ3n) is 4.89. The summed E-state index contributed by atoms with van der Waals surface area (Å²) in [5, 5.41) is 2.07. The van der Waals surface area contributed by atoms with Gasteiger partial charge in [-0.25, -0.2) is 0 Å². The van der Waals surface area contributed by atoms with Gasteiger partial charge in [0.15, 0.2) is 0 Å². The van der Waals surface area contributed by atoms with Crippen molar-refractivity contribution in [1.82, 2.24) is 0 Å². The Morgan fingerprint density at radius 3 is 2.14 bits per heavy atom. The largest absolute Gasteiger partial charge is 0.399 e. The van der Waals surface area contributed by atoms with Crippen molar-refractivity contribution >= 4 is 46.9 Å². The van der Waals surface area contributed by atoms with Gasteiger partial charge in [0.25, 0.3) is 0 Å². The Hall–Kier alpha value is -1.24. The maximum atomic E-state index is 14.1. The summed E-state index contributed by atoms with van der Waals surface area (Å²) in [4.78, 5) is 18.0. The predicted molar refractivity (Wildman–Crippen MR) is 114 cm³/mol. The minimum Gasteiger partial charge on any atom is -0.320 e. The van der Waals surface area contributed by atoms with Crippen LogP contribution in [0.2, 0.25) is 0 Å². The van der Waals surface area contributed by atoms with Crippen LogP contribution in [0.3, 0.4) is 0 Å². The Bertz CT molecular complexity index is 1110. The molecule has 0 amide bonds. The molecule has 8 heteroatoms. The lowest BCUT2D eigenvalue weighted by molar-refractivity contribution is 0.0557. The summed E-state index contributed by atoms with van der Waals surface area (Å²) < 4.78 is 38.5.